The molecule has 8 nitrogen and oxygen atoms in total. The molecule has 0 aliphatic rings. The molecule has 0 radical (unpaired) electrons. The molecule has 1 atom stereocenters. The molecule has 0 aliphatic carbocycles. The van der Waals surface area contributed by atoms with E-state index in [1.165, 1.54) is 77.0 Å². The van der Waals surface area contributed by atoms with Gasteiger partial charge in [0.1, 0.15) is 6.61 Å². The first kappa shape index (κ1) is 41.5. The van der Waals surface area contributed by atoms with Crippen LogP contribution >= 0.6 is 7.82 Å². The number of unbranched alkanes of at least 4 members (excludes halogenated alkanes) is 17. The van der Waals surface area contributed by atoms with Crippen LogP contribution in [0.15, 0.2) is 24.3 Å². The van der Waals surface area contributed by atoms with Crippen LogP contribution in [-0.4, -0.2) is 41.0 Å². The maximum Gasteiger partial charge on any atom is 0.469 e. The molecule has 0 unspecified atom stereocenters. The Labute approximate surface area is 262 Å². The maximum absolute atomic E-state index is 12.3. The number of phosphoric ester groups is 1. The van der Waals surface area contributed by atoms with Crippen LogP contribution < -0.4 is 0 Å². The topological polar surface area (TPSA) is 119 Å². The van der Waals surface area contributed by atoms with E-state index >= 15 is 0 Å². The predicted molar refractivity (Wildman–Crippen MR) is 175 cm³/mol. The molecule has 0 aromatic rings. The van der Waals surface area contributed by atoms with Crippen LogP contribution in [0.25, 0.3) is 0 Å². The molecule has 0 spiro atoms. The lowest BCUT2D eigenvalue weighted by Crippen LogP contribution is -2.29. The summed E-state index contributed by atoms with van der Waals surface area (Å²) in [6.07, 6.45) is 31.9. The lowest BCUT2D eigenvalue weighted by molar-refractivity contribution is -0.161. The van der Waals surface area contributed by atoms with E-state index in [2.05, 4.69) is 42.7 Å². The summed E-state index contributed by atoms with van der Waals surface area (Å²) in [7, 11) is -4.75. The number of allylic oxidation sites excluding steroid dienone is 4. The molecule has 43 heavy (non-hydrogen) atoms. The second-order valence-electron chi connectivity index (χ2n) is 11.5. The lowest BCUT2D eigenvalue weighted by Gasteiger charge is -2.18. The summed E-state index contributed by atoms with van der Waals surface area (Å²) in [5, 5.41) is 0. The van der Waals surface area contributed by atoms with Crippen molar-refractivity contribution in [3.05, 3.63) is 24.3 Å². The van der Waals surface area contributed by atoms with E-state index in [1.807, 2.05) is 0 Å². The average Bonchev–Trinajstić information content (AvgIpc) is 2.97. The number of carbonyl (C=O) groups is 2. The first-order valence-corrected chi connectivity index (χ1v) is 18.7. The van der Waals surface area contributed by atoms with Crippen LogP contribution in [0.1, 0.15) is 162 Å². The molecule has 0 fully saturated rings. The van der Waals surface area contributed by atoms with Gasteiger partial charge in [-0.05, 0) is 44.9 Å². The molecule has 0 aromatic carbocycles. The Kier molecular flexibility index (Phi) is 29.5. The summed E-state index contributed by atoms with van der Waals surface area (Å²) in [5.41, 5.74) is 0. The summed E-state index contributed by atoms with van der Waals surface area (Å²) in [5.74, 6) is -0.924. The zero-order valence-electron chi connectivity index (χ0n) is 27.4. The summed E-state index contributed by atoms with van der Waals surface area (Å²) < 4.78 is 26.1. The second kappa shape index (κ2) is 30.6. The van der Waals surface area contributed by atoms with E-state index in [-0.39, 0.29) is 19.4 Å². The largest absolute Gasteiger partial charge is 0.469 e. The van der Waals surface area contributed by atoms with Crippen molar-refractivity contribution in [1.82, 2.24) is 0 Å². The van der Waals surface area contributed by atoms with Crippen molar-refractivity contribution in [1.29, 1.82) is 0 Å². The molecule has 2 N–H and O–H groups in total. The summed E-state index contributed by atoms with van der Waals surface area (Å²) in [4.78, 5) is 42.5. The fourth-order valence-corrected chi connectivity index (χ4v) is 5.00. The van der Waals surface area contributed by atoms with Crippen molar-refractivity contribution in [3.8, 4) is 0 Å². The van der Waals surface area contributed by atoms with Gasteiger partial charge >= 0.3 is 19.8 Å². The van der Waals surface area contributed by atoms with Crippen molar-refractivity contribution in [3.63, 3.8) is 0 Å². The number of hydrogen-bond donors (Lipinski definition) is 2. The second-order valence-corrected chi connectivity index (χ2v) is 12.7. The molecule has 0 saturated heterocycles. The van der Waals surface area contributed by atoms with E-state index < -0.39 is 32.5 Å². The van der Waals surface area contributed by atoms with Gasteiger partial charge in [0.2, 0.25) is 0 Å². The molecular weight excluding hydrogens is 567 g/mol. The number of carbonyl (C=O) groups excluding carboxylic acids is 2. The molecule has 0 rings (SSSR count). The van der Waals surface area contributed by atoms with Crippen molar-refractivity contribution in [2.24, 2.45) is 0 Å². The highest BCUT2D eigenvalue weighted by molar-refractivity contribution is 7.46. The van der Waals surface area contributed by atoms with Gasteiger partial charge < -0.3 is 19.3 Å². The highest BCUT2D eigenvalue weighted by Crippen LogP contribution is 2.35. The zero-order chi connectivity index (χ0) is 31.9. The first-order chi connectivity index (χ1) is 20.8. The molecule has 0 aliphatic heterocycles. The Bertz CT molecular complexity index is 761. The van der Waals surface area contributed by atoms with Crippen molar-refractivity contribution < 1.29 is 37.9 Å². The summed E-state index contributed by atoms with van der Waals surface area (Å²) >= 11 is 0. The van der Waals surface area contributed by atoms with Gasteiger partial charge in [-0.3, -0.25) is 14.1 Å². The van der Waals surface area contributed by atoms with Gasteiger partial charge in [0.25, 0.3) is 0 Å². The van der Waals surface area contributed by atoms with Gasteiger partial charge in [-0.1, -0.05) is 128 Å². The third kappa shape index (κ3) is 33.3. The Morgan fingerprint density at radius 1 is 0.605 bits per heavy atom. The quantitative estimate of drug-likeness (QED) is 0.0336. The molecule has 0 aromatic heterocycles. The molecule has 0 heterocycles. The van der Waals surface area contributed by atoms with Gasteiger partial charge in [0.15, 0.2) is 6.10 Å². The predicted octanol–water partition coefficient (Wildman–Crippen LogP) is 9.68. The lowest BCUT2D eigenvalue weighted by atomic mass is 10.1. The van der Waals surface area contributed by atoms with Gasteiger partial charge in [-0.25, -0.2) is 4.57 Å². The molecule has 9 heteroatoms. The fraction of sp³-hybridized carbons (Fsp3) is 0.824. The number of rotatable bonds is 31. The van der Waals surface area contributed by atoms with Crippen LogP contribution in [0.4, 0.5) is 0 Å². The third-order valence-corrected chi connectivity index (χ3v) is 7.71. The Balaban J connectivity index is 4.05. The molecule has 0 amide bonds. The van der Waals surface area contributed by atoms with E-state index in [0.717, 1.165) is 44.9 Å². The minimum atomic E-state index is -4.75. The Morgan fingerprint density at radius 2 is 1.05 bits per heavy atom. The normalized spacial score (nSPS) is 12.7. The number of phosphoric acid groups is 1. The highest BCUT2D eigenvalue weighted by Gasteiger charge is 2.22. The SMILES string of the molecule is CCCCCCCC/C=C/C/C=C/CCCCC(=O)OC[C@H](COP(=O)(O)O)OC(=O)CCCCCCCCCCCC. The number of ether oxygens (including phenoxy) is 2. The van der Waals surface area contributed by atoms with Crippen LogP contribution in [0.3, 0.4) is 0 Å². The Morgan fingerprint density at radius 3 is 1.58 bits per heavy atom. The molecule has 252 valence electrons. The monoisotopic (exact) mass is 630 g/mol. The molecule has 0 saturated carbocycles. The van der Waals surface area contributed by atoms with Gasteiger partial charge in [-0.15, -0.1) is 0 Å². The average molecular weight is 631 g/mol. The smallest absolute Gasteiger partial charge is 0.462 e. The van der Waals surface area contributed by atoms with E-state index in [1.54, 1.807) is 0 Å². The minimum absolute atomic E-state index is 0.208. The van der Waals surface area contributed by atoms with Crippen molar-refractivity contribution in [2.75, 3.05) is 13.2 Å². The highest BCUT2D eigenvalue weighted by atomic mass is 31.2. The summed E-state index contributed by atoms with van der Waals surface area (Å²) in [6, 6.07) is 0. The van der Waals surface area contributed by atoms with E-state index in [4.69, 9.17) is 19.3 Å². The molecular formula is C34H63O8P. The molecule has 0 bridgehead atoms. The standard InChI is InChI=1S/C34H63O8P/c1-3-5-7-9-11-13-15-16-17-18-19-21-22-24-26-28-33(35)40-30-32(31-41-43(37,38)39)42-34(36)29-27-25-23-20-14-12-10-8-6-4-2/h16-17,19,21,32H,3-15,18,20,22-31H2,1-2H3,(H2,37,38,39)/b17-16+,21-19+/t32-/m1/s1. The van der Waals surface area contributed by atoms with Crippen LogP contribution in [0, 0.1) is 0 Å². The van der Waals surface area contributed by atoms with Crippen LogP contribution in [0.5, 0.6) is 0 Å². The maximum atomic E-state index is 12.3. The zero-order valence-corrected chi connectivity index (χ0v) is 28.2. The van der Waals surface area contributed by atoms with Gasteiger partial charge in [-0.2, -0.15) is 0 Å². The first-order valence-electron chi connectivity index (χ1n) is 17.1. The van der Waals surface area contributed by atoms with Crippen LogP contribution in [-0.2, 0) is 28.2 Å². The summed E-state index contributed by atoms with van der Waals surface area (Å²) in [6.45, 7) is 3.61. The van der Waals surface area contributed by atoms with Gasteiger partial charge in [0, 0.05) is 12.8 Å². The van der Waals surface area contributed by atoms with E-state index in [9.17, 15) is 14.2 Å². The van der Waals surface area contributed by atoms with Crippen molar-refractivity contribution in [2.45, 2.75) is 168 Å². The number of hydrogen-bond acceptors (Lipinski definition) is 6. The van der Waals surface area contributed by atoms with E-state index in [0.29, 0.717) is 12.8 Å². The number of esters is 2. The van der Waals surface area contributed by atoms with Crippen LogP contribution in [0.2, 0.25) is 0 Å². The Hall–Kier alpha value is -1.47. The minimum Gasteiger partial charge on any atom is -0.462 e. The van der Waals surface area contributed by atoms with Gasteiger partial charge in [0.05, 0.1) is 6.61 Å². The third-order valence-electron chi connectivity index (χ3n) is 7.22. The fourth-order valence-electron chi connectivity index (χ4n) is 4.64. The van der Waals surface area contributed by atoms with Crippen molar-refractivity contribution >= 4 is 19.8 Å².